The Morgan fingerprint density at radius 3 is 2.44 bits per heavy atom. The van der Waals surface area contributed by atoms with E-state index in [1.54, 1.807) is 24.3 Å². The van der Waals surface area contributed by atoms with Crippen LogP contribution >= 0.6 is 0 Å². The Morgan fingerprint density at radius 1 is 0.963 bits per heavy atom. The van der Waals surface area contributed by atoms with E-state index >= 15 is 0 Å². The first-order valence-electron chi connectivity index (χ1n) is 9.17. The highest BCUT2D eigenvalue weighted by Gasteiger charge is 2.24. The molecule has 4 heteroatoms. The SMILES string of the molecule is O=C(NC(O)CC1Nc2ccccc2Cc2ccccc21)c1ccccc1. The van der Waals surface area contributed by atoms with E-state index in [-0.39, 0.29) is 11.9 Å². The Bertz CT molecular complexity index is 940. The van der Waals surface area contributed by atoms with Crippen molar-refractivity contribution >= 4 is 11.6 Å². The van der Waals surface area contributed by atoms with Crippen LogP contribution in [0.5, 0.6) is 0 Å². The molecular formula is C23H22N2O2. The predicted octanol–water partition coefficient (Wildman–Crippen LogP) is 3.88. The van der Waals surface area contributed by atoms with Crippen molar-refractivity contribution in [2.45, 2.75) is 25.1 Å². The van der Waals surface area contributed by atoms with E-state index < -0.39 is 6.23 Å². The second-order valence-corrected chi connectivity index (χ2v) is 6.82. The van der Waals surface area contributed by atoms with Crippen LogP contribution in [0, 0.1) is 0 Å². The summed E-state index contributed by atoms with van der Waals surface area (Å²) in [5, 5.41) is 16.8. The molecule has 1 aliphatic heterocycles. The van der Waals surface area contributed by atoms with Crippen molar-refractivity contribution in [3.05, 3.63) is 101 Å². The monoisotopic (exact) mass is 358 g/mol. The molecule has 1 aliphatic rings. The van der Waals surface area contributed by atoms with Gasteiger partial charge in [0.2, 0.25) is 0 Å². The fourth-order valence-corrected chi connectivity index (χ4v) is 3.61. The quantitative estimate of drug-likeness (QED) is 0.620. The minimum Gasteiger partial charge on any atom is -0.378 e. The van der Waals surface area contributed by atoms with Crippen molar-refractivity contribution in [2.75, 3.05) is 5.32 Å². The lowest BCUT2D eigenvalue weighted by Crippen LogP contribution is -2.36. The van der Waals surface area contributed by atoms with E-state index in [0.717, 1.165) is 17.7 Å². The fourth-order valence-electron chi connectivity index (χ4n) is 3.61. The molecule has 4 nitrogen and oxygen atoms in total. The molecule has 1 heterocycles. The molecule has 3 aromatic carbocycles. The molecule has 136 valence electrons. The van der Waals surface area contributed by atoms with Crippen molar-refractivity contribution in [3.8, 4) is 0 Å². The Kier molecular flexibility index (Phi) is 4.90. The second kappa shape index (κ2) is 7.64. The molecule has 2 unspecified atom stereocenters. The van der Waals surface area contributed by atoms with Gasteiger partial charge in [0.15, 0.2) is 0 Å². The van der Waals surface area contributed by atoms with Crippen LogP contribution in [0.3, 0.4) is 0 Å². The number of anilines is 1. The zero-order valence-electron chi connectivity index (χ0n) is 14.9. The van der Waals surface area contributed by atoms with Gasteiger partial charge in [0.05, 0.1) is 6.04 Å². The van der Waals surface area contributed by atoms with Gasteiger partial charge in [-0.25, -0.2) is 0 Å². The van der Waals surface area contributed by atoms with Crippen LogP contribution in [0.15, 0.2) is 78.9 Å². The molecule has 3 N–H and O–H groups in total. The summed E-state index contributed by atoms with van der Waals surface area (Å²) in [6, 6.07) is 25.3. The Balaban J connectivity index is 1.54. The van der Waals surface area contributed by atoms with Crippen LogP contribution < -0.4 is 10.6 Å². The zero-order chi connectivity index (χ0) is 18.6. The van der Waals surface area contributed by atoms with Gasteiger partial charge in [-0.1, -0.05) is 60.7 Å². The van der Waals surface area contributed by atoms with Gasteiger partial charge in [-0.3, -0.25) is 4.79 Å². The number of aliphatic hydroxyl groups excluding tert-OH is 1. The van der Waals surface area contributed by atoms with Crippen LogP contribution in [0.1, 0.15) is 39.5 Å². The second-order valence-electron chi connectivity index (χ2n) is 6.82. The first kappa shape index (κ1) is 17.3. The van der Waals surface area contributed by atoms with Crippen LogP contribution in [0.2, 0.25) is 0 Å². The summed E-state index contributed by atoms with van der Waals surface area (Å²) in [5.41, 5.74) is 5.23. The van der Waals surface area contributed by atoms with Gasteiger partial charge < -0.3 is 15.7 Å². The van der Waals surface area contributed by atoms with E-state index in [1.165, 1.54) is 11.1 Å². The Morgan fingerprint density at radius 2 is 1.63 bits per heavy atom. The highest BCUT2D eigenvalue weighted by atomic mass is 16.3. The van der Waals surface area contributed by atoms with E-state index in [4.69, 9.17) is 0 Å². The molecule has 0 aliphatic carbocycles. The smallest absolute Gasteiger partial charge is 0.253 e. The molecular weight excluding hydrogens is 336 g/mol. The van der Waals surface area contributed by atoms with Crippen molar-refractivity contribution in [2.24, 2.45) is 0 Å². The molecule has 0 bridgehead atoms. The third kappa shape index (κ3) is 3.86. The van der Waals surface area contributed by atoms with E-state index in [0.29, 0.717) is 12.0 Å². The molecule has 3 aromatic rings. The maximum Gasteiger partial charge on any atom is 0.253 e. The summed E-state index contributed by atoms with van der Waals surface area (Å²) in [7, 11) is 0. The molecule has 27 heavy (non-hydrogen) atoms. The largest absolute Gasteiger partial charge is 0.378 e. The van der Waals surface area contributed by atoms with Crippen LogP contribution in [0.25, 0.3) is 0 Å². The number of fused-ring (bicyclic) bond motifs is 2. The summed E-state index contributed by atoms with van der Waals surface area (Å²) in [6.45, 7) is 0. The number of hydrogen-bond donors (Lipinski definition) is 3. The predicted molar refractivity (Wildman–Crippen MR) is 107 cm³/mol. The summed E-state index contributed by atoms with van der Waals surface area (Å²) >= 11 is 0. The topological polar surface area (TPSA) is 61.4 Å². The zero-order valence-corrected chi connectivity index (χ0v) is 14.9. The molecule has 0 aromatic heterocycles. The average Bonchev–Trinajstić information content (AvgIpc) is 2.85. The number of rotatable bonds is 4. The maximum atomic E-state index is 12.3. The van der Waals surface area contributed by atoms with Crippen molar-refractivity contribution in [3.63, 3.8) is 0 Å². The molecule has 0 saturated carbocycles. The highest BCUT2D eigenvalue weighted by Crippen LogP contribution is 2.34. The Labute approximate surface area is 158 Å². The molecule has 0 spiro atoms. The standard InChI is InChI=1S/C23H22N2O2/c26-22(25-23(27)16-8-2-1-3-9-16)15-21-19-12-6-4-10-17(19)14-18-11-5-7-13-20(18)24-21/h1-13,21-22,24,26H,14-15H2,(H,25,27). The van der Waals surface area contributed by atoms with Gasteiger partial charge in [-0.15, -0.1) is 0 Å². The van der Waals surface area contributed by atoms with Crippen LogP contribution in [0.4, 0.5) is 5.69 Å². The van der Waals surface area contributed by atoms with E-state index in [2.05, 4.69) is 34.9 Å². The normalized spacial score (nSPS) is 16.3. The molecule has 0 fully saturated rings. The Hall–Kier alpha value is -3.11. The van der Waals surface area contributed by atoms with Crippen molar-refractivity contribution in [1.29, 1.82) is 0 Å². The number of aliphatic hydroxyl groups is 1. The average molecular weight is 358 g/mol. The molecule has 1 amide bonds. The summed E-state index contributed by atoms with van der Waals surface area (Å²) in [6.07, 6.45) is 0.278. The number of hydrogen-bond acceptors (Lipinski definition) is 3. The molecule has 0 saturated heterocycles. The maximum absolute atomic E-state index is 12.3. The number of amides is 1. The molecule has 2 atom stereocenters. The number of carbonyl (C=O) groups is 1. The third-order valence-electron chi connectivity index (χ3n) is 4.95. The van der Waals surface area contributed by atoms with Crippen LogP contribution in [-0.4, -0.2) is 17.2 Å². The van der Waals surface area contributed by atoms with Crippen LogP contribution in [-0.2, 0) is 6.42 Å². The highest BCUT2D eigenvalue weighted by molar-refractivity contribution is 5.94. The number of nitrogens with one attached hydrogen (secondary N) is 2. The third-order valence-corrected chi connectivity index (χ3v) is 4.95. The van der Waals surface area contributed by atoms with Gasteiger partial charge in [0.1, 0.15) is 6.23 Å². The lowest BCUT2D eigenvalue weighted by molar-refractivity contribution is 0.0752. The van der Waals surface area contributed by atoms with Gasteiger partial charge >= 0.3 is 0 Å². The molecule has 4 rings (SSSR count). The number of para-hydroxylation sites is 1. The first-order valence-corrected chi connectivity index (χ1v) is 9.17. The van der Waals surface area contributed by atoms with E-state index in [1.807, 2.05) is 30.3 Å². The summed E-state index contributed by atoms with van der Waals surface area (Å²) in [4.78, 5) is 12.3. The first-order chi connectivity index (χ1) is 13.2. The molecule has 0 radical (unpaired) electrons. The lowest BCUT2D eigenvalue weighted by Gasteiger charge is -2.24. The minimum absolute atomic E-state index is 0.0871. The van der Waals surface area contributed by atoms with Gasteiger partial charge in [0.25, 0.3) is 5.91 Å². The number of carbonyl (C=O) groups excluding carboxylic acids is 1. The van der Waals surface area contributed by atoms with Gasteiger partial charge in [-0.2, -0.15) is 0 Å². The van der Waals surface area contributed by atoms with Crippen molar-refractivity contribution in [1.82, 2.24) is 5.32 Å². The van der Waals surface area contributed by atoms with Gasteiger partial charge in [-0.05, 0) is 41.3 Å². The van der Waals surface area contributed by atoms with Gasteiger partial charge in [0, 0.05) is 17.7 Å². The van der Waals surface area contributed by atoms with E-state index in [9.17, 15) is 9.90 Å². The fraction of sp³-hybridized carbons (Fsp3) is 0.174. The number of benzene rings is 3. The summed E-state index contributed by atoms with van der Waals surface area (Å²) in [5.74, 6) is -0.273. The minimum atomic E-state index is -0.950. The van der Waals surface area contributed by atoms with Crippen molar-refractivity contribution < 1.29 is 9.90 Å². The summed E-state index contributed by atoms with van der Waals surface area (Å²) < 4.78 is 0. The lowest BCUT2D eigenvalue weighted by atomic mass is 9.95.